The lowest BCUT2D eigenvalue weighted by molar-refractivity contribution is -0.113. The predicted octanol–water partition coefficient (Wildman–Crippen LogP) is 5.09. The molecule has 0 unspecified atom stereocenters. The normalized spacial score (nSPS) is 10.8. The highest BCUT2D eigenvalue weighted by Crippen LogP contribution is 2.24. The van der Waals surface area contributed by atoms with Crippen LogP contribution in [0.4, 0.5) is 5.69 Å². The summed E-state index contributed by atoms with van der Waals surface area (Å²) in [4.78, 5) is 30.6. The number of rotatable bonds is 6. The van der Waals surface area contributed by atoms with Gasteiger partial charge in [-0.05, 0) is 55.0 Å². The van der Waals surface area contributed by atoms with Crippen molar-refractivity contribution >= 4 is 45.9 Å². The van der Waals surface area contributed by atoms with E-state index in [-0.39, 0.29) is 17.2 Å². The first-order valence-electron chi connectivity index (χ1n) is 9.80. The third-order valence-corrected chi connectivity index (χ3v) is 5.92. The van der Waals surface area contributed by atoms with E-state index in [1.165, 1.54) is 16.3 Å². The summed E-state index contributed by atoms with van der Waals surface area (Å²) in [6, 6.07) is 19.7. The summed E-state index contributed by atoms with van der Waals surface area (Å²) in [7, 11) is 1.57. The van der Waals surface area contributed by atoms with Crippen LogP contribution >= 0.6 is 23.4 Å². The van der Waals surface area contributed by atoms with Crippen LogP contribution in [0.5, 0.6) is 5.75 Å². The topological polar surface area (TPSA) is 73.2 Å². The Morgan fingerprint density at radius 3 is 2.72 bits per heavy atom. The Morgan fingerprint density at radius 1 is 1.12 bits per heavy atom. The van der Waals surface area contributed by atoms with Gasteiger partial charge < -0.3 is 10.1 Å². The van der Waals surface area contributed by atoms with Crippen LogP contribution in [0.3, 0.4) is 0 Å². The maximum Gasteiger partial charge on any atom is 0.266 e. The zero-order chi connectivity index (χ0) is 22.7. The van der Waals surface area contributed by atoms with Crippen LogP contribution in [0, 0.1) is 6.92 Å². The Balaban J connectivity index is 1.68. The first-order valence-corrected chi connectivity index (χ1v) is 11.2. The van der Waals surface area contributed by atoms with Gasteiger partial charge in [0.2, 0.25) is 5.91 Å². The number of aromatic nitrogens is 2. The SMILES string of the molecule is COc1cccc(NC(=O)CSc2nc3cc(Cl)ccc3c(=O)n2-c2cccc(C)c2)c1. The number of halogens is 1. The lowest BCUT2D eigenvalue weighted by Gasteiger charge is -2.14. The summed E-state index contributed by atoms with van der Waals surface area (Å²) < 4.78 is 6.72. The minimum atomic E-state index is -0.223. The van der Waals surface area contributed by atoms with Gasteiger partial charge in [-0.1, -0.05) is 41.6 Å². The molecule has 1 heterocycles. The highest BCUT2D eigenvalue weighted by atomic mass is 35.5. The molecule has 0 spiro atoms. The van der Waals surface area contributed by atoms with E-state index in [1.807, 2.05) is 31.2 Å². The van der Waals surface area contributed by atoms with Gasteiger partial charge in [0.25, 0.3) is 5.56 Å². The Kier molecular flexibility index (Phi) is 6.48. The molecular formula is C24H20ClN3O3S. The van der Waals surface area contributed by atoms with Crippen molar-refractivity contribution in [3.05, 3.63) is 87.7 Å². The predicted molar refractivity (Wildman–Crippen MR) is 129 cm³/mol. The third-order valence-electron chi connectivity index (χ3n) is 4.75. The van der Waals surface area contributed by atoms with E-state index in [1.54, 1.807) is 49.6 Å². The largest absolute Gasteiger partial charge is 0.497 e. The van der Waals surface area contributed by atoms with Gasteiger partial charge in [0.05, 0.1) is 29.5 Å². The second kappa shape index (κ2) is 9.46. The highest BCUT2D eigenvalue weighted by molar-refractivity contribution is 7.99. The third kappa shape index (κ3) is 4.79. The van der Waals surface area contributed by atoms with Crippen LogP contribution in [-0.2, 0) is 4.79 Å². The number of fused-ring (bicyclic) bond motifs is 1. The van der Waals surface area contributed by atoms with Crippen LogP contribution in [0.2, 0.25) is 5.02 Å². The fraction of sp³-hybridized carbons (Fsp3) is 0.125. The van der Waals surface area contributed by atoms with Gasteiger partial charge in [-0.2, -0.15) is 0 Å². The van der Waals surface area contributed by atoms with E-state index >= 15 is 0 Å². The van der Waals surface area contributed by atoms with Crippen molar-refractivity contribution in [1.82, 2.24) is 9.55 Å². The molecule has 0 radical (unpaired) electrons. The van der Waals surface area contributed by atoms with Gasteiger partial charge in [0, 0.05) is 16.8 Å². The van der Waals surface area contributed by atoms with Crippen molar-refractivity contribution in [2.24, 2.45) is 0 Å². The second-order valence-electron chi connectivity index (χ2n) is 7.10. The number of carbonyl (C=O) groups excluding carboxylic acids is 1. The molecule has 1 amide bonds. The molecule has 0 bridgehead atoms. The second-order valence-corrected chi connectivity index (χ2v) is 8.48. The Labute approximate surface area is 194 Å². The average molecular weight is 466 g/mol. The molecule has 1 N–H and O–H groups in total. The van der Waals surface area contributed by atoms with Crippen molar-refractivity contribution < 1.29 is 9.53 Å². The zero-order valence-corrected chi connectivity index (χ0v) is 19.0. The van der Waals surface area contributed by atoms with Crippen molar-refractivity contribution in [2.75, 3.05) is 18.2 Å². The number of benzene rings is 3. The lowest BCUT2D eigenvalue weighted by atomic mass is 10.2. The summed E-state index contributed by atoms with van der Waals surface area (Å²) in [5.74, 6) is 0.498. The van der Waals surface area contributed by atoms with Gasteiger partial charge in [0.1, 0.15) is 5.75 Å². The molecule has 162 valence electrons. The Bertz CT molecular complexity index is 1370. The summed E-state index contributed by atoms with van der Waals surface area (Å²) in [6.07, 6.45) is 0. The first-order chi connectivity index (χ1) is 15.4. The average Bonchev–Trinajstić information content (AvgIpc) is 2.77. The molecule has 1 aromatic heterocycles. The van der Waals surface area contributed by atoms with E-state index in [2.05, 4.69) is 10.3 Å². The number of ether oxygens (including phenoxy) is 1. The number of methoxy groups -OCH3 is 1. The minimum Gasteiger partial charge on any atom is -0.497 e. The monoisotopic (exact) mass is 465 g/mol. The number of hydrogen-bond donors (Lipinski definition) is 1. The van der Waals surface area contributed by atoms with E-state index in [0.29, 0.717) is 38.2 Å². The fourth-order valence-electron chi connectivity index (χ4n) is 3.26. The molecule has 0 saturated carbocycles. The zero-order valence-electron chi connectivity index (χ0n) is 17.5. The van der Waals surface area contributed by atoms with Crippen LogP contribution in [0.1, 0.15) is 5.56 Å². The smallest absolute Gasteiger partial charge is 0.266 e. The van der Waals surface area contributed by atoms with Gasteiger partial charge >= 0.3 is 0 Å². The van der Waals surface area contributed by atoms with Crippen LogP contribution in [0.25, 0.3) is 16.6 Å². The molecule has 32 heavy (non-hydrogen) atoms. The van der Waals surface area contributed by atoms with Gasteiger partial charge in [-0.15, -0.1) is 0 Å². The van der Waals surface area contributed by atoms with Crippen molar-refractivity contribution in [3.63, 3.8) is 0 Å². The van der Waals surface area contributed by atoms with Gasteiger partial charge in [0.15, 0.2) is 5.16 Å². The first kappa shape index (κ1) is 21.9. The van der Waals surface area contributed by atoms with E-state index in [0.717, 1.165) is 5.56 Å². The number of anilines is 1. The van der Waals surface area contributed by atoms with Crippen LogP contribution in [0.15, 0.2) is 76.7 Å². The van der Waals surface area contributed by atoms with Crippen molar-refractivity contribution in [1.29, 1.82) is 0 Å². The Hall–Kier alpha value is -3.29. The molecule has 4 aromatic rings. The summed E-state index contributed by atoms with van der Waals surface area (Å²) in [5.41, 5.74) is 2.60. The maximum atomic E-state index is 13.3. The number of nitrogens with one attached hydrogen (secondary N) is 1. The number of hydrogen-bond acceptors (Lipinski definition) is 5. The number of carbonyl (C=O) groups is 1. The van der Waals surface area contributed by atoms with Crippen molar-refractivity contribution in [3.8, 4) is 11.4 Å². The molecule has 4 rings (SSSR count). The molecule has 6 nitrogen and oxygen atoms in total. The number of thioether (sulfide) groups is 1. The maximum absolute atomic E-state index is 13.3. The summed E-state index contributed by atoms with van der Waals surface area (Å²) in [6.45, 7) is 1.96. The van der Waals surface area contributed by atoms with Gasteiger partial charge in [-0.3, -0.25) is 14.2 Å². The van der Waals surface area contributed by atoms with E-state index < -0.39 is 0 Å². The number of aryl methyl sites for hydroxylation is 1. The molecule has 0 aliphatic heterocycles. The van der Waals surface area contributed by atoms with Crippen LogP contribution < -0.4 is 15.6 Å². The van der Waals surface area contributed by atoms with Crippen molar-refractivity contribution in [2.45, 2.75) is 12.1 Å². The molecule has 8 heteroatoms. The molecular weight excluding hydrogens is 446 g/mol. The highest BCUT2D eigenvalue weighted by Gasteiger charge is 2.15. The quantitative estimate of drug-likeness (QED) is 0.317. The molecule has 0 aliphatic rings. The molecule has 0 fully saturated rings. The Morgan fingerprint density at radius 2 is 1.94 bits per heavy atom. The fourth-order valence-corrected chi connectivity index (χ4v) is 4.24. The summed E-state index contributed by atoms with van der Waals surface area (Å²) in [5, 5.41) is 4.20. The lowest BCUT2D eigenvalue weighted by Crippen LogP contribution is -2.23. The number of nitrogens with zero attached hydrogens (tertiary/aromatic N) is 2. The number of amides is 1. The molecule has 3 aromatic carbocycles. The van der Waals surface area contributed by atoms with E-state index in [9.17, 15) is 9.59 Å². The van der Waals surface area contributed by atoms with E-state index in [4.69, 9.17) is 16.3 Å². The summed E-state index contributed by atoms with van der Waals surface area (Å²) >= 11 is 7.30. The standard InChI is InChI=1S/C24H20ClN3O3S/c1-15-5-3-7-18(11-15)28-23(30)20-10-9-16(25)12-21(20)27-24(28)32-14-22(29)26-17-6-4-8-19(13-17)31-2/h3-13H,14H2,1-2H3,(H,26,29). The molecule has 0 saturated heterocycles. The van der Waals surface area contributed by atoms with Gasteiger partial charge in [-0.25, -0.2) is 4.98 Å². The van der Waals surface area contributed by atoms with Crippen LogP contribution in [-0.4, -0.2) is 28.3 Å². The molecule has 0 atom stereocenters. The minimum absolute atomic E-state index is 0.0710. The molecule has 0 aliphatic carbocycles.